The van der Waals surface area contributed by atoms with E-state index in [1.165, 1.54) is 12.5 Å². The third-order valence-electron chi connectivity index (χ3n) is 3.85. The zero-order valence-electron chi connectivity index (χ0n) is 14.5. The van der Waals surface area contributed by atoms with Gasteiger partial charge in [-0.05, 0) is 24.6 Å². The van der Waals surface area contributed by atoms with Crippen molar-refractivity contribution in [1.82, 2.24) is 15.0 Å². The van der Waals surface area contributed by atoms with Gasteiger partial charge in [-0.15, -0.1) is 0 Å². The van der Waals surface area contributed by atoms with Crippen LogP contribution in [0, 0.1) is 0 Å². The molecular weight excluding hydrogens is 334 g/mol. The van der Waals surface area contributed by atoms with E-state index in [1.807, 2.05) is 19.1 Å². The summed E-state index contributed by atoms with van der Waals surface area (Å²) in [6.45, 7) is 2.02. The van der Waals surface area contributed by atoms with Gasteiger partial charge >= 0.3 is 0 Å². The molecule has 0 bridgehead atoms. The molecule has 26 heavy (non-hydrogen) atoms. The number of hydrogen-bond acceptors (Lipinski definition) is 5. The molecule has 2 aromatic heterocycles. The lowest BCUT2D eigenvalue weighted by molar-refractivity contribution is 0.414. The number of para-hydroxylation sites is 1. The highest BCUT2D eigenvalue weighted by Crippen LogP contribution is 2.17. The van der Waals surface area contributed by atoms with Crippen LogP contribution in [-0.4, -0.2) is 22.1 Å². The maximum Gasteiger partial charge on any atom is 0.272 e. The van der Waals surface area contributed by atoms with E-state index in [4.69, 9.17) is 9.15 Å². The highest BCUT2D eigenvalue weighted by Gasteiger charge is 2.06. The summed E-state index contributed by atoms with van der Waals surface area (Å²) in [6, 6.07) is 7.22. The van der Waals surface area contributed by atoms with Crippen molar-refractivity contribution in [2.75, 3.05) is 7.11 Å². The molecule has 7 heteroatoms. The fourth-order valence-corrected chi connectivity index (χ4v) is 2.58. The number of H-pyrrole nitrogens is 2. The smallest absolute Gasteiger partial charge is 0.272 e. The number of benzene rings is 1. The Morgan fingerprint density at radius 1 is 1.12 bits per heavy atom. The van der Waals surface area contributed by atoms with Crippen molar-refractivity contribution < 1.29 is 9.15 Å². The van der Waals surface area contributed by atoms with Crippen LogP contribution in [0.5, 0.6) is 5.75 Å². The van der Waals surface area contributed by atoms with Crippen LogP contribution in [-0.2, 0) is 6.42 Å². The molecule has 0 aliphatic heterocycles. The summed E-state index contributed by atoms with van der Waals surface area (Å²) in [7, 11) is 1.55. The Balaban J connectivity index is 2.11. The van der Waals surface area contributed by atoms with Crippen LogP contribution in [0.2, 0.25) is 0 Å². The first-order valence-electron chi connectivity index (χ1n) is 8.23. The standard InChI is InChI=1S/C19H19N3O4/c1-3-6-17-13(20-11-26-17)10-15-19(24)21-14(18(23)22-15)9-12-7-4-5-8-16(12)25-2/h4-5,7-11H,3,6H2,1-2H3,(H,21,24)(H,22,23)/b14-9-,15-10-. The van der Waals surface area contributed by atoms with Crippen molar-refractivity contribution in [1.29, 1.82) is 0 Å². The molecule has 0 amide bonds. The minimum absolute atomic E-state index is 0.124. The Morgan fingerprint density at radius 3 is 2.50 bits per heavy atom. The molecule has 3 rings (SSSR count). The Labute approximate surface area is 148 Å². The first-order valence-corrected chi connectivity index (χ1v) is 8.23. The maximum absolute atomic E-state index is 12.4. The van der Waals surface area contributed by atoms with Crippen LogP contribution in [0.15, 0.2) is 44.7 Å². The Morgan fingerprint density at radius 2 is 1.81 bits per heavy atom. The van der Waals surface area contributed by atoms with Crippen LogP contribution in [0.1, 0.15) is 30.4 Å². The quantitative estimate of drug-likeness (QED) is 0.702. The minimum atomic E-state index is -0.420. The van der Waals surface area contributed by atoms with Crippen LogP contribution >= 0.6 is 0 Å². The van der Waals surface area contributed by atoms with Gasteiger partial charge in [0.05, 0.1) is 7.11 Å². The molecule has 0 atom stereocenters. The average Bonchev–Trinajstić information content (AvgIpc) is 3.07. The summed E-state index contributed by atoms with van der Waals surface area (Å²) < 4.78 is 10.6. The SMILES string of the molecule is CCCc1ocnc1/C=c1\[nH]c(=O)/c(=C/c2ccccc2OC)[nH]c1=O. The number of rotatable bonds is 5. The van der Waals surface area contributed by atoms with Gasteiger partial charge < -0.3 is 19.1 Å². The summed E-state index contributed by atoms with van der Waals surface area (Å²) >= 11 is 0. The van der Waals surface area contributed by atoms with E-state index in [9.17, 15) is 9.59 Å². The van der Waals surface area contributed by atoms with Crippen molar-refractivity contribution in [2.24, 2.45) is 0 Å². The number of methoxy groups -OCH3 is 1. The summed E-state index contributed by atoms with van der Waals surface area (Å²) in [5.74, 6) is 1.28. The van der Waals surface area contributed by atoms with Gasteiger partial charge in [-0.2, -0.15) is 0 Å². The molecule has 1 aromatic carbocycles. The van der Waals surface area contributed by atoms with Crippen molar-refractivity contribution >= 4 is 12.2 Å². The van der Waals surface area contributed by atoms with Crippen LogP contribution in [0.4, 0.5) is 0 Å². The highest BCUT2D eigenvalue weighted by atomic mass is 16.5. The summed E-state index contributed by atoms with van der Waals surface area (Å²) in [6.07, 6.45) is 6.00. The van der Waals surface area contributed by atoms with Gasteiger partial charge in [0.25, 0.3) is 11.1 Å². The number of aromatic nitrogens is 3. The number of aryl methyl sites for hydroxylation is 1. The third-order valence-corrected chi connectivity index (χ3v) is 3.85. The first kappa shape index (κ1) is 17.5. The van der Waals surface area contributed by atoms with E-state index in [2.05, 4.69) is 15.0 Å². The lowest BCUT2D eigenvalue weighted by Gasteiger charge is -2.02. The van der Waals surface area contributed by atoms with Crippen molar-refractivity contribution in [2.45, 2.75) is 19.8 Å². The van der Waals surface area contributed by atoms with E-state index in [-0.39, 0.29) is 10.7 Å². The van der Waals surface area contributed by atoms with Crippen molar-refractivity contribution in [3.05, 3.63) is 79.1 Å². The van der Waals surface area contributed by atoms with E-state index in [0.717, 1.165) is 6.42 Å². The van der Waals surface area contributed by atoms with E-state index < -0.39 is 11.1 Å². The summed E-state index contributed by atoms with van der Waals surface area (Å²) in [5.41, 5.74) is 0.391. The van der Waals surface area contributed by atoms with Crippen molar-refractivity contribution in [3.63, 3.8) is 0 Å². The van der Waals surface area contributed by atoms with Gasteiger partial charge in [0.2, 0.25) is 0 Å². The average molecular weight is 353 g/mol. The molecule has 0 aliphatic carbocycles. The fraction of sp³-hybridized carbons (Fsp3) is 0.211. The summed E-state index contributed by atoms with van der Waals surface area (Å²) in [5, 5.41) is 0.268. The maximum atomic E-state index is 12.4. The number of aromatic amines is 2. The largest absolute Gasteiger partial charge is 0.496 e. The zero-order valence-corrected chi connectivity index (χ0v) is 14.5. The Bertz CT molecular complexity index is 1140. The second kappa shape index (κ2) is 7.69. The van der Waals surface area contributed by atoms with Crippen LogP contribution < -0.4 is 26.6 Å². The Hall–Kier alpha value is -3.35. The zero-order chi connectivity index (χ0) is 18.5. The molecule has 134 valence electrons. The number of nitrogens with zero attached hydrogens (tertiary/aromatic N) is 1. The predicted molar refractivity (Wildman–Crippen MR) is 97.6 cm³/mol. The molecule has 2 heterocycles. The van der Waals surface area contributed by atoms with Crippen LogP contribution in [0.3, 0.4) is 0 Å². The lowest BCUT2D eigenvalue weighted by atomic mass is 10.2. The molecular formula is C19H19N3O4. The topological polar surface area (TPSA) is 101 Å². The van der Waals surface area contributed by atoms with E-state index in [0.29, 0.717) is 29.2 Å². The van der Waals surface area contributed by atoms with Gasteiger partial charge in [-0.1, -0.05) is 25.1 Å². The first-order chi connectivity index (χ1) is 12.6. The molecule has 0 saturated heterocycles. The van der Waals surface area contributed by atoms with Gasteiger partial charge in [-0.25, -0.2) is 4.98 Å². The van der Waals surface area contributed by atoms with Gasteiger partial charge in [0.15, 0.2) is 6.39 Å². The molecule has 2 N–H and O–H groups in total. The minimum Gasteiger partial charge on any atom is -0.496 e. The number of ether oxygens (including phenoxy) is 1. The number of hydrogen-bond donors (Lipinski definition) is 2. The van der Waals surface area contributed by atoms with Gasteiger partial charge in [0.1, 0.15) is 27.9 Å². The lowest BCUT2D eigenvalue weighted by Crippen LogP contribution is -2.46. The van der Waals surface area contributed by atoms with Crippen molar-refractivity contribution in [3.8, 4) is 5.75 Å². The second-order valence-electron chi connectivity index (χ2n) is 5.68. The molecule has 0 saturated carbocycles. The van der Waals surface area contributed by atoms with Gasteiger partial charge in [0, 0.05) is 12.0 Å². The third kappa shape index (κ3) is 3.66. The fourth-order valence-electron chi connectivity index (χ4n) is 2.58. The van der Waals surface area contributed by atoms with Gasteiger partial charge in [-0.3, -0.25) is 9.59 Å². The van der Waals surface area contributed by atoms with E-state index in [1.54, 1.807) is 25.3 Å². The summed E-state index contributed by atoms with van der Waals surface area (Å²) in [4.78, 5) is 34.0. The molecule has 0 spiro atoms. The highest BCUT2D eigenvalue weighted by molar-refractivity contribution is 5.56. The number of nitrogens with one attached hydrogen (secondary N) is 2. The monoisotopic (exact) mass is 353 g/mol. The predicted octanol–water partition coefficient (Wildman–Crippen LogP) is 0.670. The molecule has 0 aliphatic rings. The molecule has 7 nitrogen and oxygen atoms in total. The molecule has 0 unspecified atom stereocenters. The molecule has 0 fully saturated rings. The van der Waals surface area contributed by atoms with Crippen LogP contribution in [0.25, 0.3) is 12.2 Å². The second-order valence-corrected chi connectivity index (χ2v) is 5.68. The van der Waals surface area contributed by atoms with E-state index >= 15 is 0 Å². The normalized spacial score (nSPS) is 12.5. The number of oxazole rings is 1. The Kier molecular flexibility index (Phi) is 5.17. The molecule has 3 aromatic rings. The molecule has 0 radical (unpaired) electrons.